The van der Waals surface area contributed by atoms with Crippen LogP contribution in [0.4, 0.5) is 10.1 Å². The number of nitrogens with zero attached hydrogens (tertiary/aromatic N) is 2. The van der Waals surface area contributed by atoms with E-state index in [1.54, 1.807) is 23.5 Å². The second kappa shape index (κ2) is 6.38. The summed E-state index contributed by atoms with van der Waals surface area (Å²) in [5, 5.41) is 2.02. The molecule has 2 aliphatic heterocycles. The van der Waals surface area contributed by atoms with Gasteiger partial charge < -0.3 is 9.80 Å². The quantitative estimate of drug-likeness (QED) is 0.793. The molecule has 0 bridgehead atoms. The fourth-order valence-electron chi connectivity index (χ4n) is 4.88. The number of hydrogen-bond donors (Lipinski definition) is 0. The van der Waals surface area contributed by atoms with Crippen LogP contribution in [0.1, 0.15) is 38.0 Å². The minimum Gasteiger partial charge on any atom is -0.364 e. The lowest BCUT2D eigenvalue weighted by atomic mass is 9.87. The first-order valence-electron chi connectivity index (χ1n) is 9.26. The Kier molecular flexibility index (Phi) is 4.30. The van der Waals surface area contributed by atoms with Gasteiger partial charge in [0.15, 0.2) is 0 Å². The van der Waals surface area contributed by atoms with Gasteiger partial charge >= 0.3 is 0 Å². The standard InChI is InChI=1S/C21H25FN2OS/c1-20(2)14-21(15-24(20)17-7-3-6-16(22)12-17)9-5-10-23(21)19(25)13-18-8-4-11-26-18/h3-4,6-8,11-12H,5,9-10,13-15H2,1-2H3. The summed E-state index contributed by atoms with van der Waals surface area (Å²) >= 11 is 1.64. The molecule has 0 aliphatic carbocycles. The maximum absolute atomic E-state index is 13.8. The van der Waals surface area contributed by atoms with Crippen LogP contribution in [-0.2, 0) is 11.2 Å². The highest BCUT2D eigenvalue weighted by Gasteiger charge is 2.54. The Bertz CT molecular complexity index is 804. The Morgan fingerprint density at radius 3 is 2.85 bits per heavy atom. The molecule has 1 amide bonds. The van der Waals surface area contributed by atoms with Gasteiger partial charge in [-0.15, -0.1) is 11.3 Å². The van der Waals surface area contributed by atoms with Gasteiger partial charge in [-0.1, -0.05) is 12.1 Å². The molecule has 3 nitrogen and oxygen atoms in total. The third-order valence-corrected chi connectivity index (χ3v) is 6.74. The number of carbonyl (C=O) groups is 1. The number of likely N-dealkylation sites (tertiary alicyclic amines) is 1. The smallest absolute Gasteiger partial charge is 0.228 e. The molecule has 2 aliphatic rings. The first-order valence-corrected chi connectivity index (χ1v) is 10.1. The Morgan fingerprint density at radius 2 is 2.12 bits per heavy atom. The van der Waals surface area contributed by atoms with Crippen LogP contribution in [0.15, 0.2) is 41.8 Å². The first-order chi connectivity index (χ1) is 12.4. The van der Waals surface area contributed by atoms with Crippen LogP contribution in [0.25, 0.3) is 0 Å². The summed E-state index contributed by atoms with van der Waals surface area (Å²) in [6.45, 7) is 6.01. The number of amides is 1. The maximum Gasteiger partial charge on any atom is 0.228 e. The summed E-state index contributed by atoms with van der Waals surface area (Å²) in [6, 6.07) is 10.8. The van der Waals surface area contributed by atoms with Crippen molar-refractivity contribution in [3.63, 3.8) is 0 Å². The summed E-state index contributed by atoms with van der Waals surface area (Å²) in [5.74, 6) is 0.0122. The van der Waals surface area contributed by atoms with Gasteiger partial charge in [-0.05, 0) is 62.8 Å². The van der Waals surface area contributed by atoms with Crippen LogP contribution in [0.2, 0.25) is 0 Å². The van der Waals surface area contributed by atoms with Gasteiger partial charge in [-0.25, -0.2) is 4.39 Å². The van der Waals surface area contributed by atoms with Gasteiger partial charge in [0.05, 0.1) is 12.0 Å². The Balaban J connectivity index is 1.60. The lowest BCUT2D eigenvalue weighted by molar-refractivity contribution is -0.134. The van der Waals surface area contributed by atoms with E-state index in [9.17, 15) is 9.18 Å². The average molecular weight is 373 g/mol. The van der Waals surface area contributed by atoms with E-state index in [1.807, 2.05) is 23.6 Å². The van der Waals surface area contributed by atoms with Crippen molar-refractivity contribution in [1.82, 2.24) is 4.90 Å². The van der Waals surface area contributed by atoms with Crippen molar-refractivity contribution in [1.29, 1.82) is 0 Å². The molecule has 4 rings (SSSR count). The number of carbonyl (C=O) groups excluding carboxylic acids is 1. The molecule has 3 heterocycles. The van der Waals surface area contributed by atoms with Crippen molar-refractivity contribution < 1.29 is 9.18 Å². The zero-order chi connectivity index (χ0) is 18.4. The van der Waals surface area contributed by atoms with E-state index in [2.05, 4.69) is 23.6 Å². The van der Waals surface area contributed by atoms with Crippen molar-refractivity contribution in [2.45, 2.75) is 50.6 Å². The number of anilines is 1. The molecule has 0 radical (unpaired) electrons. The highest BCUT2D eigenvalue weighted by atomic mass is 32.1. The van der Waals surface area contributed by atoms with E-state index < -0.39 is 0 Å². The van der Waals surface area contributed by atoms with Crippen LogP contribution < -0.4 is 4.90 Å². The molecule has 26 heavy (non-hydrogen) atoms. The highest BCUT2D eigenvalue weighted by Crippen LogP contribution is 2.47. The van der Waals surface area contributed by atoms with E-state index >= 15 is 0 Å². The normalized spacial score (nSPS) is 24.6. The van der Waals surface area contributed by atoms with E-state index in [1.165, 1.54) is 6.07 Å². The second-order valence-electron chi connectivity index (χ2n) is 8.18. The Morgan fingerprint density at radius 1 is 1.27 bits per heavy atom. The van der Waals surface area contributed by atoms with Crippen molar-refractivity contribution >= 4 is 22.9 Å². The zero-order valence-corrected chi connectivity index (χ0v) is 16.2. The third kappa shape index (κ3) is 3.02. The summed E-state index contributed by atoms with van der Waals surface area (Å²) in [7, 11) is 0. The van der Waals surface area contributed by atoms with E-state index in [-0.39, 0.29) is 22.8 Å². The van der Waals surface area contributed by atoms with Crippen molar-refractivity contribution in [2.24, 2.45) is 0 Å². The summed E-state index contributed by atoms with van der Waals surface area (Å²) in [6.07, 6.45) is 3.48. The van der Waals surface area contributed by atoms with E-state index in [4.69, 9.17) is 0 Å². The molecule has 1 aromatic heterocycles. The summed E-state index contributed by atoms with van der Waals surface area (Å²) < 4.78 is 13.8. The monoisotopic (exact) mass is 372 g/mol. The van der Waals surface area contributed by atoms with Gasteiger partial charge in [-0.3, -0.25) is 4.79 Å². The number of thiophene rings is 1. The van der Waals surface area contributed by atoms with Crippen LogP contribution in [-0.4, -0.2) is 35.0 Å². The van der Waals surface area contributed by atoms with Gasteiger partial charge in [0, 0.05) is 29.2 Å². The molecule has 138 valence electrons. The second-order valence-corrected chi connectivity index (χ2v) is 9.22. The minimum absolute atomic E-state index is 0.112. The molecule has 1 spiro atoms. The fourth-order valence-corrected chi connectivity index (χ4v) is 5.58. The average Bonchev–Trinajstić information content (AvgIpc) is 3.27. The van der Waals surface area contributed by atoms with Crippen molar-refractivity contribution in [3.05, 3.63) is 52.5 Å². The van der Waals surface area contributed by atoms with Crippen LogP contribution in [0, 0.1) is 5.82 Å². The summed E-state index contributed by atoms with van der Waals surface area (Å²) in [5.41, 5.74) is 0.661. The molecule has 2 saturated heterocycles. The van der Waals surface area contributed by atoms with E-state index in [0.29, 0.717) is 6.42 Å². The number of benzene rings is 1. The number of rotatable bonds is 3. The van der Waals surface area contributed by atoms with Gasteiger partial charge in [0.25, 0.3) is 0 Å². The Hall–Kier alpha value is -1.88. The summed E-state index contributed by atoms with van der Waals surface area (Å²) in [4.78, 5) is 18.6. The molecule has 2 aromatic rings. The lowest BCUT2D eigenvalue weighted by Gasteiger charge is -2.35. The topological polar surface area (TPSA) is 23.6 Å². The highest BCUT2D eigenvalue weighted by molar-refractivity contribution is 7.10. The molecule has 0 saturated carbocycles. The molecule has 0 N–H and O–H groups in total. The maximum atomic E-state index is 13.8. The first kappa shape index (κ1) is 17.5. The largest absolute Gasteiger partial charge is 0.364 e. The number of hydrogen-bond acceptors (Lipinski definition) is 3. The molecular weight excluding hydrogens is 347 g/mol. The predicted molar refractivity (Wildman–Crippen MR) is 104 cm³/mol. The molecule has 5 heteroatoms. The van der Waals surface area contributed by atoms with Crippen LogP contribution in [0.3, 0.4) is 0 Å². The SMILES string of the molecule is CC1(C)CC2(CCCN2C(=O)Cc2cccs2)CN1c1cccc(F)c1. The van der Waals surface area contributed by atoms with Crippen LogP contribution >= 0.6 is 11.3 Å². The third-order valence-electron chi connectivity index (χ3n) is 5.87. The van der Waals surface area contributed by atoms with Gasteiger partial charge in [-0.2, -0.15) is 0 Å². The molecular formula is C21H25FN2OS. The number of halogens is 1. The fraction of sp³-hybridized carbons (Fsp3) is 0.476. The minimum atomic E-state index is -0.212. The molecule has 1 aromatic carbocycles. The van der Waals surface area contributed by atoms with Crippen molar-refractivity contribution in [3.8, 4) is 0 Å². The molecule has 2 fully saturated rings. The van der Waals surface area contributed by atoms with Gasteiger partial charge in [0.2, 0.25) is 5.91 Å². The van der Waals surface area contributed by atoms with Gasteiger partial charge in [0.1, 0.15) is 5.82 Å². The zero-order valence-electron chi connectivity index (χ0n) is 15.4. The van der Waals surface area contributed by atoms with E-state index in [0.717, 1.165) is 42.9 Å². The molecule has 1 atom stereocenters. The lowest BCUT2D eigenvalue weighted by Crippen LogP contribution is -2.49. The van der Waals surface area contributed by atoms with Crippen molar-refractivity contribution in [2.75, 3.05) is 18.0 Å². The Labute approximate surface area is 158 Å². The predicted octanol–water partition coefficient (Wildman–Crippen LogP) is 4.48. The molecule has 1 unspecified atom stereocenters. The van der Waals surface area contributed by atoms with Crippen LogP contribution in [0.5, 0.6) is 0 Å².